The van der Waals surface area contributed by atoms with Gasteiger partial charge in [-0.15, -0.1) is 11.8 Å². The van der Waals surface area contributed by atoms with Crippen LogP contribution >= 0.6 is 23.4 Å². The monoisotopic (exact) mass is 400 g/mol. The number of thioether (sulfide) groups is 1. The van der Waals surface area contributed by atoms with Crippen LogP contribution in [0.3, 0.4) is 0 Å². The number of fused-ring (bicyclic) bond motifs is 1. The van der Waals surface area contributed by atoms with Gasteiger partial charge in [0.05, 0.1) is 5.03 Å². The van der Waals surface area contributed by atoms with Crippen LogP contribution in [0, 0.1) is 0 Å². The minimum absolute atomic E-state index is 0.191. The summed E-state index contributed by atoms with van der Waals surface area (Å²) in [6.45, 7) is 0. The Hall–Kier alpha value is -2.28. The first-order chi connectivity index (χ1) is 13.1. The van der Waals surface area contributed by atoms with E-state index in [0.717, 1.165) is 11.1 Å². The smallest absolute Gasteiger partial charge is 0.325 e. The van der Waals surface area contributed by atoms with Gasteiger partial charge in [-0.3, -0.25) is 9.59 Å². The average Bonchev–Trinajstić information content (AvgIpc) is 2.72. The lowest BCUT2D eigenvalue weighted by molar-refractivity contribution is -0.147. The minimum atomic E-state index is -0.706. The Morgan fingerprint density at radius 1 is 1.07 bits per heavy atom. The zero-order valence-electron chi connectivity index (χ0n) is 14.2. The molecule has 2 unspecified atom stereocenters. The highest BCUT2D eigenvalue weighted by atomic mass is 35.5. The van der Waals surface area contributed by atoms with E-state index in [1.165, 1.54) is 22.9 Å². The quantitative estimate of drug-likeness (QED) is 0.631. The standard InChI is InChI=1S/C20H17ClN2O3S/c21-14-11-23-18(24)15(22)19(23)27-17(14)20(25)26-16(12-7-3-1-4-8-12)13-9-5-2-6-10-13/h1-11,15-17,19H,22H2/t15?,17?,19-/m1/s1. The number of hydrogen-bond donors (Lipinski definition) is 1. The van der Waals surface area contributed by atoms with Gasteiger partial charge in [0.25, 0.3) is 0 Å². The Morgan fingerprint density at radius 2 is 1.63 bits per heavy atom. The fourth-order valence-corrected chi connectivity index (χ4v) is 4.70. The number of amides is 1. The van der Waals surface area contributed by atoms with E-state index >= 15 is 0 Å². The number of esters is 1. The molecule has 1 saturated heterocycles. The maximum Gasteiger partial charge on any atom is 0.325 e. The highest BCUT2D eigenvalue weighted by molar-refractivity contribution is 8.01. The fourth-order valence-electron chi connectivity index (χ4n) is 3.13. The van der Waals surface area contributed by atoms with Crippen molar-refractivity contribution < 1.29 is 14.3 Å². The van der Waals surface area contributed by atoms with Gasteiger partial charge in [-0.2, -0.15) is 0 Å². The molecule has 2 N–H and O–H groups in total. The molecule has 0 aromatic heterocycles. The molecule has 3 atom stereocenters. The van der Waals surface area contributed by atoms with E-state index < -0.39 is 23.4 Å². The van der Waals surface area contributed by atoms with Gasteiger partial charge in [0, 0.05) is 6.20 Å². The van der Waals surface area contributed by atoms with Crippen LogP contribution in [0.1, 0.15) is 17.2 Å². The second-order valence-corrected chi connectivity index (χ2v) is 7.99. The summed E-state index contributed by atoms with van der Waals surface area (Å²) >= 11 is 7.51. The van der Waals surface area contributed by atoms with Crippen molar-refractivity contribution in [1.29, 1.82) is 0 Å². The number of carbonyl (C=O) groups is 2. The molecular weight excluding hydrogens is 384 g/mol. The molecular formula is C20H17ClN2O3S. The van der Waals surface area contributed by atoms with Crippen molar-refractivity contribution in [3.8, 4) is 0 Å². The van der Waals surface area contributed by atoms with Crippen molar-refractivity contribution in [2.45, 2.75) is 22.8 Å². The van der Waals surface area contributed by atoms with E-state index in [-0.39, 0.29) is 16.3 Å². The van der Waals surface area contributed by atoms with Crippen molar-refractivity contribution in [2.24, 2.45) is 5.73 Å². The molecule has 0 saturated carbocycles. The van der Waals surface area contributed by atoms with Gasteiger partial charge in [0.2, 0.25) is 5.91 Å². The second-order valence-electron chi connectivity index (χ2n) is 6.33. The number of hydrogen-bond acceptors (Lipinski definition) is 5. The van der Waals surface area contributed by atoms with Gasteiger partial charge < -0.3 is 15.4 Å². The summed E-state index contributed by atoms with van der Waals surface area (Å²) in [5.74, 6) is -0.644. The van der Waals surface area contributed by atoms with Gasteiger partial charge in [-0.05, 0) is 11.1 Å². The number of nitrogens with two attached hydrogens (primary N) is 1. The number of carbonyl (C=O) groups excluding carboxylic acids is 2. The molecule has 0 bridgehead atoms. The highest BCUT2D eigenvalue weighted by Gasteiger charge is 2.50. The first-order valence-electron chi connectivity index (χ1n) is 8.47. The Morgan fingerprint density at radius 3 is 2.19 bits per heavy atom. The lowest BCUT2D eigenvalue weighted by Gasteiger charge is -2.46. The van der Waals surface area contributed by atoms with E-state index in [1.807, 2.05) is 60.7 Å². The number of halogens is 1. The molecule has 0 radical (unpaired) electrons. The number of ether oxygens (including phenoxy) is 1. The predicted molar refractivity (Wildman–Crippen MR) is 105 cm³/mol. The van der Waals surface area contributed by atoms with E-state index in [9.17, 15) is 9.59 Å². The van der Waals surface area contributed by atoms with Crippen LogP contribution in [-0.2, 0) is 14.3 Å². The molecule has 2 aliphatic rings. The third kappa shape index (κ3) is 3.36. The van der Waals surface area contributed by atoms with Crippen molar-refractivity contribution in [3.63, 3.8) is 0 Å². The number of benzene rings is 2. The Kier molecular flexibility index (Phi) is 4.95. The fraction of sp³-hybridized carbons (Fsp3) is 0.200. The lowest BCUT2D eigenvalue weighted by atomic mass is 10.0. The van der Waals surface area contributed by atoms with E-state index in [0.29, 0.717) is 0 Å². The van der Waals surface area contributed by atoms with Crippen LogP contribution in [0.5, 0.6) is 0 Å². The summed E-state index contributed by atoms with van der Waals surface area (Å²) in [4.78, 5) is 26.1. The van der Waals surface area contributed by atoms with Crippen LogP contribution < -0.4 is 5.73 Å². The summed E-state index contributed by atoms with van der Waals surface area (Å²) in [6, 6.07) is 18.5. The maximum atomic E-state index is 12.9. The number of rotatable bonds is 4. The van der Waals surface area contributed by atoms with Crippen LogP contribution in [0.2, 0.25) is 0 Å². The largest absolute Gasteiger partial charge is 0.451 e. The Balaban J connectivity index is 1.58. The molecule has 1 fully saturated rings. The molecule has 0 aliphatic carbocycles. The molecule has 2 aliphatic heterocycles. The zero-order valence-corrected chi connectivity index (χ0v) is 15.8. The van der Waals surface area contributed by atoms with Crippen LogP contribution in [0.4, 0.5) is 0 Å². The van der Waals surface area contributed by atoms with Gasteiger partial charge in [0.1, 0.15) is 16.7 Å². The molecule has 7 heteroatoms. The molecule has 138 valence electrons. The van der Waals surface area contributed by atoms with Gasteiger partial charge in [-0.1, -0.05) is 72.3 Å². The van der Waals surface area contributed by atoms with E-state index in [1.54, 1.807) is 0 Å². The van der Waals surface area contributed by atoms with Crippen LogP contribution in [-0.4, -0.2) is 33.4 Å². The van der Waals surface area contributed by atoms with Crippen molar-refractivity contribution in [2.75, 3.05) is 0 Å². The average molecular weight is 401 g/mol. The topological polar surface area (TPSA) is 72.6 Å². The number of nitrogens with zero attached hydrogens (tertiary/aromatic N) is 1. The summed E-state index contributed by atoms with van der Waals surface area (Å²) < 4.78 is 5.87. The van der Waals surface area contributed by atoms with Gasteiger partial charge in [-0.25, -0.2) is 0 Å². The lowest BCUT2D eigenvalue weighted by Crippen LogP contribution is -2.66. The molecule has 1 amide bonds. The molecule has 5 nitrogen and oxygen atoms in total. The third-order valence-corrected chi connectivity index (χ3v) is 6.53. The summed E-state index contributed by atoms with van der Waals surface area (Å²) in [5.41, 5.74) is 7.57. The molecule has 27 heavy (non-hydrogen) atoms. The molecule has 0 spiro atoms. The molecule has 2 heterocycles. The number of β-lactam (4-membered cyclic amide) rings is 1. The third-order valence-electron chi connectivity index (χ3n) is 4.56. The zero-order chi connectivity index (χ0) is 19.0. The SMILES string of the molecule is NC1C(=O)N2C=C(Cl)C(C(=O)OC(c3ccccc3)c3ccccc3)S[C@H]12. The van der Waals surface area contributed by atoms with Crippen LogP contribution in [0.25, 0.3) is 0 Å². The maximum absolute atomic E-state index is 12.9. The molecule has 2 aromatic rings. The van der Waals surface area contributed by atoms with Crippen molar-refractivity contribution in [3.05, 3.63) is 83.0 Å². The molecule has 4 rings (SSSR count). The van der Waals surface area contributed by atoms with Crippen molar-refractivity contribution in [1.82, 2.24) is 4.90 Å². The summed E-state index contributed by atoms with van der Waals surface area (Å²) in [6.07, 6.45) is 0.945. The highest BCUT2D eigenvalue weighted by Crippen LogP contribution is 2.42. The second kappa shape index (κ2) is 7.38. The van der Waals surface area contributed by atoms with E-state index in [4.69, 9.17) is 22.1 Å². The Labute approximate surface area is 166 Å². The normalized spacial score (nSPS) is 24.1. The summed E-state index contributed by atoms with van der Waals surface area (Å²) in [7, 11) is 0. The van der Waals surface area contributed by atoms with Crippen molar-refractivity contribution >= 4 is 35.2 Å². The van der Waals surface area contributed by atoms with E-state index in [2.05, 4.69) is 0 Å². The molecule has 2 aromatic carbocycles. The minimum Gasteiger partial charge on any atom is -0.451 e. The first kappa shape index (κ1) is 18.1. The Bertz CT molecular complexity index is 851. The first-order valence-corrected chi connectivity index (χ1v) is 9.79. The van der Waals surface area contributed by atoms with Gasteiger partial charge in [0.15, 0.2) is 6.10 Å². The predicted octanol–water partition coefficient (Wildman–Crippen LogP) is 3.01. The van der Waals surface area contributed by atoms with Gasteiger partial charge >= 0.3 is 5.97 Å². The summed E-state index contributed by atoms with van der Waals surface area (Å²) in [5, 5.41) is -0.729. The van der Waals surface area contributed by atoms with Crippen LogP contribution in [0.15, 0.2) is 71.9 Å².